The summed E-state index contributed by atoms with van der Waals surface area (Å²) in [7, 11) is 0. The summed E-state index contributed by atoms with van der Waals surface area (Å²) < 4.78 is 38.3. The molecule has 0 bridgehead atoms. The summed E-state index contributed by atoms with van der Waals surface area (Å²) >= 11 is 3.25. The second kappa shape index (κ2) is 4.86. The van der Waals surface area contributed by atoms with Crippen molar-refractivity contribution in [1.29, 1.82) is 0 Å². The van der Waals surface area contributed by atoms with E-state index in [1.54, 1.807) is 0 Å². The zero-order valence-corrected chi connectivity index (χ0v) is 10.5. The van der Waals surface area contributed by atoms with Crippen molar-refractivity contribution in [2.24, 2.45) is 0 Å². The van der Waals surface area contributed by atoms with Crippen LogP contribution in [0.3, 0.4) is 0 Å². The first kappa shape index (κ1) is 12.7. The Balaban J connectivity index is 2.20. The quantitative estimate of drug-likeness (QED) is 0.876. The van der Waals surface area contributed by atoms with Crippen molar-refractivity contribution >= 4 is 21.6 Å². The molecule has 0 radical (unpaired) electrons. The lowest BCUT2D eigenvalue weighted by Crippen LogP contribution is -2.22. The van der Waals surface area contributed by atoms with Crippen molar-refractivity contribution in [3.05, 3.63) is 28.2 Å². The zero-order valence-electron chi connectivity index (χ0n) is 8.94. The number of halogens is 4. The van der Waals surface area contributed by atoms with E-state index in [1.807, 2.05) is 0 Å². The molecular weight excluding hydrogens is 297 g/mol. The molecule has 2 N–H and O–H groups in total. The van der Waals surface area contributed by atoms with Crippen molar-refractivity contribution in [3.63, 3.8) is 0 Å². The number of hydrogen-bond acceptors (Lipinski definition) is 2. The summed E-state index contributed by atoms with van der Waals surface area (Å²) in [6, 6.07) is 3.83. The molecule has 1 aliphatic rings. The molecule has 0 spiro atoms. The van der Waals surface area contributed by atoms with Crippen LogP contribution in [0.5, 0.6) is 0 Å². The van der Waals surface area contributed by atoms with Gasteiger partial charge in [0.15, 0.2) is 0 Å². The Morgan fingerprint density at radius 3 is 2.71 bits per heavy atom. The summed E-state index contributed by atoms with van der Waals surface area (Å²) in [5, 5.41) is 6.27. The topological polar surface area (TPSA) is 24.1 Å². The van der Waals surface area contributed by atoms with Gasteiger partial charge >= 0.3 is 6.18 Å². The molecule has 2 rings (SSSR count). The molecule has 0 aliphatic carbocycles. The number of nitrogens with one attached hydrogen (secondary N) is 2. The predicted molar refractivity (Wildman–Crippen MR) is 64.0 cm³/mol. The van der Waals surface area contributed by atoms with E-state index in [0.717, 1.165) is 31.6 Å². The Morgan fingerprint density at radius 2 is 2.12 bits per heavy atom. The molecular formula is C11H12BrF3N2. The van der Waals surface area contributed by atoms with Crippen LogP contribution in [0, 0.1) is 0 Å². The fraction of sp³-hybridized carbons (Fsp3) is 0.455. The smallest absolute Gasteiger partial charge is 0.380 e. The molecule has 1 aliphatic heterocycles. The molecule has 94 valence electrons. The van der Waals surface area contributed by atoms with Crippen LogP contribution in [-0.4, -0.2) is 19.1 Å². The van der Waals surface area contributed by atoms with E-state index in [4.69, 9.17) is 0 Å². The molecule has 1 fully saturated rings. The average molecular weight is 309 g/mol. The molecule has 6 heteroatoms. The Bertz CT molecular complexity index is 400. The fourth-order valence-corrected chi connectivity index (χ4v) is 2.17. The van der Waals surface area contributed by atoms with Crippen LogP contribution in [0.15, 0.2) is 22.7 Å². The van der Waals surface area contributed by atoms with Crippen molar-refractivity contribution < 1.29 is 13.2 Å². The van der Waals surface area contributed by atoms with Crippen LogP contribution in [0.4, 0.5) is 18.9 Å². The van der Waals surface area contributed by atoms with Gasteiger partial charge in [0.1, 0.15) is 0 Å². The van der Waals surface area contributed by atoms with Gasteiger partial charge in [0.25, 0.3) is 0 Å². The Labute approximate surface area is 106 Å². The summed E-state index contributed by atoms with van der Waals surface area (Å²) in [5.41, 5.74) is -0.136. The van der Waals surface area contributed by atoms with Crippen molar-refractivity contribution in [3.8, 4) is 0 Å². The van der Waals surface area contributed by atoms with Gasteiger partial charge < -0.3 is 10.6 Å². The lowest BCUT2D eigenvalue weighted by Gasteiger charge is -2.16. The van der Waals surface area contributed by atoms with E-state index < -0.39 is 11.7 Å². The van der Waals surface area contributed by atoms with E-state index in [0.29, 0.717) is 10.2 Å². The normalized spacial score (nSPS) is 20.6. The van der Waals surface area contributed by atoms with Crippen molar-refractivity contribution in [1.82, 2.24) is 5.32 Å². The molecule has 1 unspecified atom stereocenters. The molecule has 17 heavy (non-hydrogen) atoms. The average Bonchev–Trinajstić information content (AvgIpc) is 2.72. The first-order valence-electron chi connectivity index (χ1n) is 5.31. The Morgan fingerprint density at radius 1 is 1.35 bits per heavy atom. The van der Waals surface area contributed by atoms with Crippen LogP contribution in [0.2, 0.25) is 0 Å². The predicted octanol–water partition coefficient (Wildman–Crippen LogP) is 3.24. The van der Waals surface area contributed by atoms with Crippen LogP contribution >= 0.6 is 15.9 Å². The van der Waals surface area contributed by atoms with Crippen molar-refractivity contribution in [2.75, 3.05) is 18.4 Å². The van der Waals surface area contributed by atoms with Crippen molar-refractivity contribution in [2.45, 2.75) is 18.6 Å². The molecule has 0 aromatic heterocycles. The number of hydrogen-bond donors (Lipinski definition) is 2. The minimum Gasteiger partial charge on any atom is -0.380 e. The van der Waals surface area contributed by atoms with E-state index >= 15 is 0 Å². The van der Waals surface area contributed by atoms with Crippen LogP contribution < -0.4 is 10.6 Å². The summed E-state index contributed by atoms with van der Waals surface area (Å²) in [6.45, 7) is 1.68. The van der Waals surface area contributed by atoms with E-state index in [9.17, 15) is 13.2 Å². The first-order valence-corrected chi connectivity index (χ1v) is 6.10. The summed E-state index contributed by atoms with van der Waals surface area (Å²) in [4.78, 5) is 0. The highest BCUT2D eigenvalue weighted by Crippen LogP contribution is 2.34. The summed E-state index contributed by atoms with van der Waals surface area (Å²) in [6.07, 6.45) is -3.38. The minimum atomic E-state index is -4.30. The van der Waals surface area contributed by atoms with Gasteiger partial charge in [-0.05, 0) is 47.1 Å². The maximum atomic E-state index is 12.6. The number of anilines is 1. The van der Waals surface area contributed by atoms with Crippen LogP contribution in [0.25, 0.3) is 0 Å². The highest BCUT2D eigenvalue weighted by Gasteiger charge is 2.31. The SMILES string of the molecule is FC(F)(F)c1ccc(Br)c(NC2CCNC2)c1. The number of alkyl halides is 3. The van der Waals surface area contributed by atoms with Gasteiger partial charge in [-0.15, -0.1) is 0 Å². The largest absolute Gasteiger partial charge is 0.416 e. The van der Waals surface area contributed by atoms with Gasteiger partial charge in [0.2, 0.25) is 0 Å². The van der Waals surface area contributed by atoms with E-state index in [2.05, 4.69) is 26.6 Å². The van der Waals surface area contributed by atoms with Crippen LogP contribution in [-0.2, 0) is 6.18 Å². The van der Waals surface area contributed by atoms with E-state index in [1.165, 1.54) is 6.07 Å². The third-order valence-corrected chi connectivity index (χ3v) is 3.41. The van der Waals surface area contributed by atoms with Gasteiger partial charge in [0, 0.05) is 22.7 Å². The first-order chi connectivity index (χ1) is 7.97. The molecule has 1 aromatic carbocycles. The maximum Gasteiger partial charge on any atom is 0.416 e. The number of benzene rings is 1. The highest BCUT2D eigenvalue weighted by molar-refractivity contribution is 9.10. The second-order valence-electron chi connectivity index (χ2n) is 4.03. The second-order valence-corrected chi connectivity index (χ2v) is 4.88. The zero-order chi connectivity index (χ0) is 12.5. The maximum absolute atomic E-state index is 12.6. The lowest BCUT2D eigenvalue weighted by molar-refractivity contribution is -0.137. The number of rotatable bonds is 2. The lowest BCUT2D eigenvalue weighted by atomic mass is 10.1. The monoisotopic (exact) mass is 308 g/mol. The molecule has 0 saturated carbocycles. The molecule has 1 atom stereocenters. The van der Waals surface area contributed by atoms with Gasteiger partial charge in [-0.25, -0.2) is 0 Å². The Hall–Kier alpha value is -0.750. The molecule has 1 heterocycles. The minimum absolute atomic E-state index is 0.190. The van der Waals surface area contributed by atoms with Gasteiger partial charge in [-0.3, -0.25) is 0 Å². The van der Waals surface area contributed by atoms with E-state index in [-0.39, 0.29) is 6.04 Å². The molecule has 0 amide bonds. The Kier molecular flexibility index (Phi) is 3.63. The third kappa shape index (κ3) is 3.13. The standard InChI is InChI=1S/C11H12BrF3N2/c12-9-2-1-7(11(13,14)15)5-10(9)17-8-3-4-16-6-8/h1-2,5,8,16-17H,3-4,6H2. The molecule has 1 aromatic rings. The molecule has 2 nitrogen and oxygen atoms in total. The highest BCUT2D eigenvalue weighted by atomic mass is 79.9. The van der Waals surface area contributed by atoms with Gasteiger partial charge in [-0.2, -0.15) is 13.2 Å². The van der Waals surface area contributed by atoms with Crippen LogP contribution in [0.1, 0.15) is 12.0 Å². The van der Waals surface area contributed by atoms with Gasteiger partial charge in [-0.1, -0.05) is 0 Å². The summed E-state index contributed by atoms with van der Waals surface area (Å²) in [5.74, 6) is 0. The fourth-order valence-electron chi connectivity index (χ4n) is 1.81. The molecule has 1 saturated heterocycles. The van der Waals surface area contributed by atoms with Gasteiger partial charge in [0.05, 0.1) is 5.56 Å². The third-order valence-electron chi connectivity index (χ3n) is 2.71.